The Morgan fingerprint density at radius 3 is 2.42 bits per heavy atom. The Hall–Kier alpha value is -1.51. The minimum atomic E-state index is -0.173. The first-order chi connectivity index (χ1) is 14.7. The molecule has 0 bridgehead atoms. The largest absolute Gasteiger partial charge is 0.462 e. The maximum absolute atomic E-state index is 12.7. The highest BCUT2D eigenvalue weighted by Gasteiger charge is 2.46. The minimum Gasteiger partial charge on any atom is -0.462 e. The van der Waals surface area contributed by atoms with Gasteiger partial charge in [-0.25, -0.2) is 4.79 Å². The molecule has 0 amide bonds. The van der Waals surface area contributed by atoms with Crippen molar-refractivity contribution >= 4 is 11.7 Å². The number of anilines is 1. The van der Waals surface area contributed by atoms with Crippen LogP contribution in [0.1, 0.15) is 121 Å². The Balaban J connectivity index is 1.52. The van der Waals surface area contributed by atoms with E-state index in [1.54, 1.807) is 0 Å². The van der Waals surface area contributed by atoms with Crippen LogP contribution < -0.4 is 5.32 Å². The van der Waals surface area contributed by atoms with E-state index in [-0.39, 0.29) is 11.4 Å². The molecular weight excluding hydrogens is 382 g/mol. The van der Waals surface area contributed by atoms with Crippen LogP contribution in [0.2, 0.25) is 0 Å². The van der Waals surface area contributed by atoms with Gasteiger partial charge in [0.05, 0.1) is 12.2 Å². The molecule has 0 radical (unpaired) electrons. The lowest BCUT2D eigenvalue weighted by Crippen LogP contribution is -2.50. The topological polar surface area (TPSA) is 38.3 Å². The van der Waals surface area contributed by atoms with Crippen molar-refractivity contribution < 1.29 is 9.53 Å². The van der Waals surface area contributed by atoms with E-state index in [0.717, 1.165) is 12.8 Å². The van der Waals surface area contributed by atoms with Gasteiger partial charge in [0.1, 0.15) is 0 Å². The number of hydrogen-bond acceptors (Lipinski definition) is 3. The smallest absolute Gasteiger partial charge is 0.338 e. The number of esters is 1. The van der Waals surface area contributed by atoms with Crippen molar-refractivity contribution in [2.24, 2.45) is 11.3 Å². The molecule has 1 aliphatic carbocycles. The van der Waals surface area contributed by atoms with E-state index in [4.69, 9.17) is 4.74 Å². The lowest BCUT2D eigenvalue weighted by atomic mass is 9.58. The van der Waals surface area contributed by atoms with E-state index >= 15 is 0 Å². The average Bonchev–Trinajstić information content (AvgIpc) is 2.71. The van der Waals surface area contributed by atoms with Crippen molar-refractivity contribution in [1.29, 1.82) is 0 Å². The molecule has 3 nitrogen and oxygen atoms in total. The van der Waals surface area contributed by atoms with Crippen molar-refractivity contribution in [2.75, 3.05) is 11.9 Å². The lowest BCUT2D eigenvalue weighted by molar-refractivity contribution is 0.0497. The van der Waals surface area contributed by atoms with E-state index in [1.165, 1.54) is 69.0 Å². The number of carbonyl (C=O) groups is 1. The van der Waals surface area contributed by atoms with Crippen molar-refractivity contribution in [2.45, 2.75) is 117 Å². The molecule has 2 atom stereocenters. The molecule has 1 aromatic rings. The molecule has 3 heteroatoms. The molecule has 174 valence electrons. The van der Waals surface area contributed by atoms with Gasteiger partial charge in [0.2, 0.25) is 0 Å². The van der Waals surface area contributed by atoms with E-state index in [9.17, 15) is 4.79 Å². The Kier molecular flexibility index (Phi) is 8.10. The molecule has 1 fully saturated rings. The van der Waals surface area contributed by atoms with Crippen LogP contribution in [0.3, 0.4) is 0 Å². The summed E-state index contributed by atoms with van der Waals surface area (Å²) in [5.74, 6) is 0.435. The molecule has 0 unspecified atom stereocenters. The SMILES string of the molecule is CCCCCCCCCCOC(=O)c1ccc2c(c1)C(C)(C)[C@@H]1CCC(C)(C)C[C@H]1N2. The van der Waals surface area contributed by atoms with Gasteiger partial charge in [-0.1, -0.05) is 79.6 Å². The summed E-state index contributed by atoms with van der Waals surface area (Å²) in [5.41, 5.74) is 3.64. The van der Waals surface area contributed by atoms with Crippen molar-refractivity contribution in [1.82, 2.24) is 0 Å². The molecule has 0 saturated heterocycles. The summed E-state index contributed by atoms with van der Waals surface area (Å²) < 4.78 is 5.61. The van der Waals surface area contributed by atoms with Crippen LogP contribution in [0.4, 0.5) is 5.69 Å². The fourth-order valence-electron chi connectivity index (χ4n) is 5.82. The predicted octanol–water partition coefficient (Wildman–Crippen LogP) is 7.88. The fraction of sp³-hybridized carbons (Fsp3) is 0.750. The predicted molar refractivity (Wildman–Crippen MR) is 131 cm³/mol. The summed E-state index contributed by atoms with van der Waals surface area (Å²) in [4.78, 5) is 12.7. The zero-order chi connectivity index (χ0) is 22.5. The van der Waals surface area contributed by atoms with E-state index in [2.05, 4.69) is 52.1 Å². The summed E-state index contributed by atoms with van der Waals surface area (Å²) >= 11 is 0. The third-order valence-electron chi connectivity index (χ3n) is 7.84. The Bertz CT molecular complexity index is 737. The van der Waals surface area contributed by atoms with Crippen molar-refractivity contribution in [3.05, 3.63) is 29.3 Å². The minimum absolute atomic E-state index is 0.0653. The van der Waals surface area contributed by atoms with Gasteiger partial charge in [-0.3, -0.25) is 0 Å². The summed E-state index contributed by atoms with van der Waals surface area (Å²) in [6.07, 6.45) is 13.7. The summed E-state index contributed by atoms with van der Waals surface area (Å²) in [6, 6.07) is 6.65. The third kappa shape index (κ3) is 6.05. The number of hydrogen-bond donors (Lipinski definition) is 1. The van der Waals surface area contributed by atoms with E-state index in [0.29, 0.717) is 29.5 Å². The lowest BCUT2D eigenvalue weighted by Gasteiger charge is -2.52. The number of rotatable bonds is 10. The number of benzene rings is 1. The van der Waals surface area contributed by atoms with Gasteiger partial charge >= 0.3 is 5.97 Å². The standard InChI is InChI=1S/C28H45NO2/c1-6-7-8-9-10-11-12-13-18-31-26(30)21-14-15-24-23(19-21)28(4,5)22-16-17-27(2,3)20-25(22)29-24/h14-15,19,22,25,29H,6-13,16-18,20H2,1-5H3/t22-,25-/m1/s1. The Morgan fingerprint density at radius 1 is 1.03 bits per heavy atom. The first-order valence-electron chi connectivity index (χ1n) is 12.8. The molecule has 1 N–H and O–H groups in total. The van der Waals surface area contributed by atoms with Gasteiger partial charge in [-0.15, -0.1) is 0 Å². The highest BCUT2D eigenvalue weighted by atomic mass is 16.5. The number of ether oxygens (including phenoxy) is 1. The molecule has 1 heterocycles. The summed E-state index contributed by atoms with van der Waals surface area (Å²) in [7, 11) is 0. The molecule has 3 rings (SSSR count). The van der Waals surface area contributed by atoms with Crippen LogP contribution in [0, 0.1) is 11.3 Å². The second-order valence-corrected chi connectivity index (χ2v) is 11.4. The number of nitrogens with one attached hydrogen (secondary N) is 1. The highest BCUT2D eigenvalue weighted by Crippen LogP contribution is 2.52. The number of unbranched alkanes of at least 4 members (excludes halogenated alkanes) is 7. The second-order valence-electron chi connectivity index (χ2n) is 11.4. The fourth-order valence-corrected chi connectivity index (χ4v) is 5.82. The van der Waals surface area contributed by atoms with Crippen molar-refractivity contribution in [3.8, 4) is 0 Å². The maximum Gasteiger partial charge on any atom is 0.338 e. The van der Waals surface area contributed by atoms with Gasteiger partial charge < -0.3 is 10.1 Å². The molecule has 2 aliphatic rings. The Labute approximate surface area is 190 Å². The zero-order valence-electron chi connectivity index (χ0n) is 20.7. The average molecular weight is 428 g/mol. The molecule has 1 aliphatic heterocycles. The van der Waals surface area contributed by atoms with Crippen molar-refractivity contribution in [3.63, 3.8) is 0 Å². The Morgan fingerprint density at radius 2 is 1.71 bits per heavy atom. The first kappa shape index (κ1) is 24.1. The maximum atomic E-state index is 12.7. The summed E-state index contributed by atoms with van der Waals surface area (Å²) in [5, 5.41) is 3.81. The van der Waals surface area contributed by atoms with Crippen LogP contribution in [0.5, 0.6) is 0 Å². The molecular formula is C28H45NO2. The first-order valence-corrected chi connectivity index (χ1v) is 12.8. The van der Waals surface area contributed by atoms with Crippen LogP contribution >= 0.6 is 0 Å². The van der Waals surface area contributed by atoms with Gasteiger partial charge in [0.25, 0.3) is 0 Å². The van der Waals surface area contributed by atoms with Gasteiger partial charge in [-0.05, 0) is 66.2 Å². The van der Waals surface area contributed by atoms with Gasteiger partial charge in [0.15, 0.2) is 0 Å². The number of fused-ring (bicyclic) bond motifs is 2. The molecule has 0 aromatic heterocycles. The van der Waals surface area contributed by atoms with Crippen LogP contribution in [0.25, 0.3) is 0 Å². The van der Waals surface area contributed by atoms with Gasteiger partial charge in [0, 0.05) is 11.7 Å². The van der Waals surface area contributed by atoms with Crippen LogP contribution in [-0.2, 0) is 10.2 Å². The summed E-state index contributed by atoms with van der Waals surface area (Å²) in [6.45, 7) is 12.3. The normalized spacial score (nSPS) is 23.4. The van der Waals surface area contributed by atoms with E-state index < -0.39 is 0 Å². The highest BCUT2D eigenvalue weighted by molar-refractivity contribution is 5.90. The molecule has 31 heavy (non-hydrogen) atoms. The quantitative estimate of drug-likeness (QED) is 0.305. The molecule has 1 saturated carbocycles. The van der Waals surface area contributed by atoms with E-state index in [1.807, 2.05) is 6.07 Å². The number of carbonyl (C=O) groups excluding carboxylic acids is 1. The zero-order valence-corrected chi connectivity index (χ0v) is 20.7. The van der Waals surface area contributed by atoms with Crippen LogP contribution in [0.15, 0.2) is 18.2 Å². The molecule has 0 spiro atoms. The van der Waals surface area contributed by atoms with Crippen LogP contribution in [-0.4, -0.2) is 18.6 Å². The van der Waals surface area contributed by atoms with Gasteiger partial charge in [-0.2, -0.15) is 0 Å². The monoisotopic (exact) mass is 427 g/mol. The molecule has 1 aromatic carbocycles. The third-order valence-corrected chi connectivity index (χ3v) is 7.84. The second kappa shape index (κ2) is 10.4.